The molecule has 0 atom stereocenters. The molecule has 2 aromatic carbocycles. The van der Waals surface area contributed by atoms with Crippen LogP contribution < -0.4 is 20.5 Å². The first-order chi connectivity index (χ1) is 10.8. The van der Waals surface area contributed by atoms with Gasteiger partial charge in [-0.25, -0.2) is 0 Å². The number of nitrogen functional groups attached to an aromatic ring is 1. The highest BCUT2D eigenvalue weighted by atomic mass is 19.4. The van der Waals surface area contributed by atoms with Gasteiger partial charge < -0.3 is 20.5 Å². The van der Waals surface area contributed by atoms with E-state index < -0.39 is 11.7 Å². The molecule has 1 amide bonds. The molecule has 0 aliphatic carbocycles. The van der Waals surface area contributed by atoms with E-state index >= 15 is 0 Å². The van der Waals surface area contributed by atoms with Crippen molar-refractivity contribution >= 4 is 17.3 Å². The Morgan fingerprint density at radius 2 is 1.96 bits per heavy atom. The number of ether oxygens (including phenoxy) is 2. The number of nitrogens with one attached hydrogen (secondary N) is 1. The standard InChI is InChI=1S/C15H11F3N2O3/c16-15(17,18)8-2-1-3-9(4-8)23-10-5-11(19)14-12(6-10)22-7-13(21)20-14/h1-6H,7,19H2,(H,20,21). The molecule has 1 heterocycles. The van der Waals surface area contributed by atoms with Crippen LogP contribution in [0.2, 0.25) is 0 Å². The number of anilines is 2. The van der Waals surface area contributed by atoms with Crippen molar-refractivity contribution in [2.75, 3.05) is 17.7 Å². The Balaban J connectivity index is 1.89. The highest BCUT2D eigenvalue weighted by Crippen LogP contribution is 2.39. The molecule has 3 N–H and O–H groups in total. The Bertz CT molecular complexity index is 775. The van der Waals surface area contributed by atoms with Crippen LogP contribution in [0, 0.1) is 0 Å². The Labute approximate surface area is 128 Å². The number of fused-ring (bicyclic) bond motifs is 1. The van der Waals surface area contributed by atoms with Crippen LogP contribution in [0.4, 0.5) is 24.5 Å². The maximum absolute atomic E-state index is 12.7. The molecule has 1 aliphatic rings. The largest absolute Gasteiger partial charge is 0.481 e. The molecule has 0 unspecified atom stereocenters. The van der Waals surface area contributed by atoms with E-state index in [0.29, 0.717) is 11.4 Å². The number of benzene rings is 2. The summed E-state index contributed by atoms with van der Waals surface area (Å²) in [6.07, 6.45) is -4.46. The van der Waals surface area contributed by atoms with Crippen LogP contribution in [0.1, 0.15) is 5.56 Å². The average molecular weight is 324 g/mol. The molecule has 1 aliphatic heterocycles. The van der Waals surface area contributed by atoms with Crippen molar-refractivity contribution in [3.05, 3.63) is 42.0 Å². The summed E-state index contributed by atoms with van der Waals surface area (Å²) in [6.45, 7) is -0.167. The minimum Gasteiger partial charge on any atom is -0.481 e. The summed E-state index contributed by atoms with van der Waals surface area (Å²) in [5.41, 5.74) is 5.50. The van der Waals surface area contributed by atoms with E-state index in [1.807, 2.05) is 0 Å². The van der Waals surface area contributed by atoms with Gasteiger partial charge >= 0.3 is 6.18 Å². The van der Waals surface area contributed by atoms with Crippen molar-refractivity contribution in [3.63, 3.8) is 0 Å². The van der Waals surface area contributed by atoms with Crippen molar-refractivity contribution in [1.29, 1.82) is 0 Å². The quantitative estimate of drug-likeness (QED) is 0.830. The molecule has 0 radical (unpaired) electrons. The van der Waals surface area contributed by atoms with Crippen LogP contribution in [-0.2, 0) is 11.0 Å². The molecule has 0 saturated carbocycles. The van der Waals surface area contributed by atoms with Crippen molar-refractivity contribution < 1.29 is 27.4 Å². The molecule has 2 aromatic rings. The summed E-state index contributed by atoms with van der Waals surface area (Å²) in [5, 5.41) is 2.55. The Kier molecular flexibility index (Phi) is 3.51. The van der Waals surface area contributed by atoms with E-state index in [0.717, 1.165) is 12.1 Å². The Morgan fingerprint density at radius 3 is 2.70 bits per heavy atom. The molecular formula is C15H11F3N2O3. The Morgan fingerprint density at radius 1 is 1.17 bits per heavy atom. The molecule has 0 bridgehead atoms. The number of rotatable bonds is 2. The fraction of sp³-hybridized carbons (Fsp3) is 0.133. The van der Waals surface area contributed by atoms with E-state index in [2.05, 4.69) is 5.32 Å². The van der Waals surface area contributed by atoms with E-state index in [4.69, 9.17) is 15.2 Å². The SMILES string of the molecule is Nc1cc(Oc2cccc(C(F)(F)F)c2)cc2c1NC(=O)CO2. The van der Waals surface area contributed by atoms with E-state index in [9.17, 15) is 18.0 Å². The molecule has 3 rings (SSSR count). The zero-order chi connectivity index (χ0) is 16.6. The van der Waals surface area contributed by atoms with Gasteiger partial charge in [0.25, 0.3) is 5.91 Å². The zero-order valence-corrected chi connectivity index (χ0v) is 11.6. The van der Waals surface area contributed by atoms with E-state index in [1.54, 1.807) is 0 Å². The van der Waals surface area contributed by atoms with Crippen molar-refractivity contribution in [1.82, 2.24) is 0 Å². The lowest BCUT2D eigenvalue weighted by Crippen LogP contribution is -2.26. The molecule has 120 valence electrons. The van der Waals surface area contributed by atoms with Gasteiger partial charge in [0.15, 0.2) is 6.61 Å². The van der Waals surface area contributed by atoms with Gasteiger partial charge in [0, 0.05) is 12.1 Å². The second-order valence-corrected chi connectivity index (χ2v) is 4.85. The topological polar surface area (TPSA) is 73.6 Å². The second-order valence-electron chi connectivity index (χ2n) is 4.85. The molecule has 0 aromatic heterocycles. The molecule has 0 saturated heterocycles. The molecule has 0 spiro atoms. The highest BCUT2D eigenvalue weighted by Gasteiger charge is 2.30. The van der Waals surface area contributed by atoms with Gasteiger partial charge in [-0.2, -0.15) is 13.2 Å². The molecular weight excluding hydrogens is 313 g/mol. The van der Waals surface area contributed by atoms with Crippen LogP contribution in [0.3, 0.4) is 0 Å². The van der Waals surface area contributed by atoms with Gasteiger partial charge in [-0.1, -0.05) is 6.07 Å². The van der Waals surface area contributed by atoms with Gasteiger partial charge in [-0.15, -0.1) is 0 Å². The zero-order valence-electron chi connectivity index (χ0n) is 11.6. The lowest BCUT2D eigenvalue weighted by atomic mass is 10.2. The molecule has 23 heavy (non-hydrogen) atoms. The average Bonchev–Trinajstić information content (AvgIpc) is 2.48. The third kappa shape index (κ3) is 3.15. The van der Waals surface area contributed by atoms with Crippen molar-refractivity contribution in [2.45, 2.75) is 6.18 Å². The van der Waals surface area contributed by atoms with Crippen molar-refractivity contribution in [2.24, 2.45) is 0 Å². The normalized spacial score (nSPS) is 13.8. The van der Waals surface area contributed by atoms with E-state index in [-0.39, 0.29) is 29.7 Å². The summed E-state index contributed by atoms with van der Waals surface area (Å²) in [7, 11) is 0. The maximum atomic E-state index is 12.7. The number of nitrogens with two attached hydrogens (primary N) is 1. The lowest BCUT2D eigenvalue weighted by molar-refractivity contribution is -0.137. The second kappa shape index (κ2) is 5.38. The minimum absolute atomic E-state index is 0.0130. The number of alkyl halides is 3. The third-order valence-corrected chi connectivity index (χ3v) is 3.13. The first kappa shape index (κ1) is 15.0. The smallest absolute Gasteiger partial charge is 0.416 e. The monoisotopic (exact) mass is 324 g/mol. The Hall–Kier alpha value is -2.90. The third-order valence-electron chi connectivity index (χ3n) is 3.13. The molecule has 5 nitrogen and oxygen atoms in total. The predicted molar refractivity (Wildman–Crippen MR) is 76.5 cm³/mol. The molecule has 8 heteroatoms. The van der Waals surface area contributed by atoms with Crippen LogP contribution in [0.25, 0.3) is 0 Å². The van der Waals surface area contributed by atoms with Crippen molar-refractivity contribution in [3.8, 4) is 17.2 Å². The molecule has 0 fully saturated rings. The lowest BCUT2D eigenvalue weighted by Gasteiger charge is -2.20. The van der Waals surface area contributed by atoms with Gasteiger partial charge in [0.1, 0.15) is 22.9 Å². The summed E-state index contributed by atoms with van der Waals surface area (Å²) < 4.78 is 48.7. The fourth-order valence-electron chi connectivity index (χ4n) is 2.11. The fourth-order valence-corrected chi connectivity index (χ4v) is 2.11. The summed E-state index contributed by atoms with van der Waals surface area (Å²) in [5.74, 6) is 0.179. The summed E-state index contributed by atoms with van der Waals surface area (Å²) in [6, 6.07) is 7.33. The van der Waals surface area contributed by atoms with Gasteiger partial charge in [0.05, 0.1) is 11.3 Å². The van der Waals surface area contributed by atoms with Gasteiger partial charge in [-0.3, -0.25) is 4.79 Å². The summed E-state index contributed by atoms with van der Waals surface area (Å²) >= 11 is 0. The van der Waals surface area contributed by atoms with Crippen LogP contribution in [-0.4, -0.2) is 12.5 Å². The minimum atomic E-state index is -4.46. The number of halogens is 3. The summed E-state index contributed by atoms with van der Waals surface area (Å²) in [4.78, 5) is 11.3. The number of amides is 1. The highest BCUT2D eigenvalue weighted by molar-refractivity contribution is 5.99. The maximum Gasteiger partial charge on any atom is 0.416 e. The van der Waals surface area contributed by atoms with Crippen LogP contribution in [0.5, 0.6) is 17.2 Å². The number of hydrogen-bond donors (Lipinski definition) is 2. The number of carbonyl (C=O) groups excluding carboxylic acids is 1. The van der Waals surface area contributed by atoms with E-state index in [1.165, 1.54) is 24.3 Å². The number of hydrogen-bond acceptors (Lipinski definition) is 4. The van der Waals surface area contributed by atoms with Crippen LogP contribution in [0.15, 0.2) is 36.4 Å². The number of carbonyl (C=O) groups is 1. The van der Waals surface area contributed by atoms with Crippen LogP contribution >= 0.6 is 0 Å². The van der Waals surface area contributed by atoms with Gasteiger partial charge in [0.2, 0.25) is 0 Å². The predicted octanol–water partition coefficient (Wildman–Crippen LogP) is 3.41. The first-order valence-corrected chi connectivity index (χ1v) is 6.54. The first-order valence-electron chi connectivity index (χ1n) is 6.54. The van der Waals surface area contributed by atoms with Gasteiger partial charge in [-0.05, 0) is 18.2 Å².